The van der Waals surface area contributed by atoms with Gasteiger partial charge in [-0.15, -0.1) is 11.3 Å². The highest BCUT2D eigenvalue weighted by atomic mass is 32.1. The zero-order chi connectivity index (χ0) is 20.1. The van der Waals surface area contributed by atoms with Crippen molar-refractivity contribution in [3.8, 4) is 0 Å². The van der Waals surface area contributed by atoms with Gasteiger partial charge in [0, 0.05) is 48.0 Å². The summed E-state index contributed by atoms with van der Waals surface area (Å²) >= 11 is 1.71. The topological polar surface area (TPSA) is 65.2 Å². The molecule has 1 fully saturated rings. The molecule has 2 N–H and O–H groups in total. The van der Waals surface area contributed by atoms with Crippen molar-refractivity contribution in [3.05, 3.63) is 58.4 Å². The van der Waals surface area contributed by atoms with Crippen LogP contribution in [0.1, 0.15) is 29.7 Å². The Morgan fingerprint density at radius 2 is 2.07 bits per heavy atom. The van der Waals surface area contributed by atoms with Crippen LogP contribution >= 0.6 is 11.3 Å². The summed E-state index contributed by atoms with van der Waals surface area (Å²) in [6.07, 6.45) is 5.81. The molecule has 1 aliphatic rings. The number of carbonyl (C=O) groups is 2. The average molecular weight is 410 g/mol. The highest BCUT2D eigenvalue weighted by molar-refractivity contribution is 7.09. The number of piperidine rings is 1. The lowest BCUT2D eigenvalue weighted by Crippen LogP contribution is -2.45. The number of para-hydroxylation sites is 1. The van der Waals surface area contributed by atoms with Gasteiger partial charge in [0.05, 0.1) is 5.92 Å². The van der Waals surface area contributed by atoms with E-state index in [1.165, 1.54) is 15.8 Å². The van der Waals surface area contributed by atoms with Gasteiger partial charge in [-0.05, 0) is 48.8 Å². The molecule has 2 aromatic heterocycles. The van der Waals surface area contributed by atoms with E-state index in [0.717, 1.165) is 37.7 Å². The second kappa shape index (κ2) is 9.27. The number of H-pyrrole nitrogens is 1. The molecule has 6 heteroatoms. The highest BCUT2D eigenvalue weighted by Gasteiger charge is 2.28. The minimum Gasteiger partial charge on any atom is -0.361 e. The Kier molecular flexibility index (Phi) is 6.30. The predicted octanol–water partition coefficient (Wildman–Crippen LogP) is 3.76. The van der Waals surface area contributed by atoms with E-state index in [1.54, 1.807) is 11.3 Å². The van der Waals surface area contributed by atoms with Crippen molar-refractivity contribution in [1.29, 1.82) is 0 Å². The molecule has 152 valence electrons. The fraction of sp³-hybridized carbons (Fsp3) is 0.391. The molecular formula is C23H27N3O2S. The maximum absolute atomic E-state index is 12.8. The van der Waals surface area contributed by atoms with E-state index >= 15 is 0 Å². The van der Waals surface area contributed by atoms with Gasteiger partial charge in [-0.1, -0.05) is 24.3 Å². The van der Waals surface area contributed by atoms with Crippen molar-refractivity contribution in [2.75, 3.05) is 19.6 Å². The molecular weight excluding hydrogens is 382 g/mol. The largest absolute Gasteiger partial charge is 0.361 e. The first kappa shape index (κ1) is 19.7. The van der Waals surface area contributed by atoms with E-state index in [-0.39, 0.29) is 17.7 Å². The highest BCUT2D eigenvalue weighted by Crippen LogP contribution is 2.21. The van der Waals surface area contributed by atoms with Crippen LogP contribution in [0.2, 0.25) is 0 Å². The molecule has 0 aliphatic carbocycles. The number of nitrogens with one attached hydrogen (secondary N) is 2. The van der Waals surface area contributed by atoms with Gasteiger partial charge in [0.2, 0.25) is 11.8 Å². The van der Waals surface area contributed by atoms with Crippen LogP contribution in [0.15, 0.2) is 48.0 Å². The molecule has 0 spiro atoms. The minimum atomic E-state index is -0.0934. The molecule has 1 atom stereocenters. The van der Waals surface area contributed by atoms with Gasteiger partial charge in [-0.2, -0.15) is 0 Å². The third kappa shape index (κ3) is 4.88. The Morgan fingerprint density at radius 3 is 2.93 bits per heavy atom. The Hall–Kier alpha value is -2.60. The number of rotatable bonds is 7. The van der Waals surface area contributed by atoms with Crippen LogP contribution in [-0.4, -0.2) is 41.3 Å². The molecule has 0 radical (unpaired) electrons. The fourth-order valence-corrected chi connectivity index (χ4v) is 4.77. The Morgan fingerprint density at radius 1 is 1.17 bits per heavy atom. The number of nitrogens with zero attached hydrogens (tertiary/aromatic N) is 1. The van der Waals surface area contributed by atoms with Crippen molar-refractivity contribution in [2.45, 2.75) is 32.1 Å². The zero-order valence-electron chi connectivity index (χ0n) is 16.5. The van der Waals surface area contributed by atoms with E-state index in [9.17, 15) is 9.59 Å². The summed E-state index contributed by atoms with van der Waals surface area (Å²) in [5.74, 6) is 0.131. The normalized spacial score (nSPS) is 16.8. The van der Waals surface area contributed by atoms with E-state index in [0.29, 0.717) is 19.5 Å². The lowest BCUT2D eigenvalue weighted by Gasteiger charge is -2.32. The molecule has 3 aromatic rings. The van der Waals surface area contributed by atoms with Crippen molar-refractivity contribution < 1.29 is 9.59 Å². The predicted molar refractivity (Wildman–Crippen MR) is 117 cm³/mol. The van der Waals surface area contributed by atoms with E-state index in [2.05, 4.69) is 27.8 Å². The number of carbonyl (C=O) groups excluding carboxylic acids is 2. The van der Waals surface area contributed by atoms with Gasteiger partial charge < -0.3 is 15.2 Å². The van der Waals surface area contributed by atoms with E-state index in [1.807, 2.05) is 35.4 Å². The van der Waals surface area contributed by atoms with E-state index in [4.69, 9.17) is 0 Å². The number of benzene rings is 1. The molecule has 3 heterocycles. The number of thiophene rings is 1. The molecule has 0 bridgehead atoms. The second-order valence-electron chi connectivity index (χ2n) is 7.66. The average Bonchev–Trinajstić information content (AvgIpc) is 3.42. The first-order valence-corrected chi connectivity index (χ1v) is 11.2. The molecule has 2 amide bonds. The van der Waals surface area contributed by atoms with Gasteiger partial charge in [0.15, 0.2) is 0 Å². The standard InChI is InChI=1S/C23H27N3O2S/c27-22(10-9-17-15-25-21-8-2-1-7-20(17)21)26-13-3-5-18(16-26)23(28)24-12-11-19-6-4-14-29-19/h1-2,4,6-8,14-15,18,25H,3,5,9-13,16H2,(H,24,28)/t18-/m0/s1. The van der Waals surface area contributed by atoms with Gasteiger partial charge in [0.25, 0.3) is 0 Å². The van der Waals surface area contributed by atoms with Gasteiger partial charge in [-0.3, -0.25) is 9.59 Å². The first-order chi connectivity index (χ1) is 14.2. The summed E-state index contributed by atoms with van der Waals surface area (Å²) in [7, 11) is 0. The number of aromatic amines is 1. The summed E-state index contributed by atoms with van der Waals surface area (Å²) in [4.78, 5) is 31.7. The van der Waals surface area contributed by atoms with Crippen LogP contribution in [0.5, 0.6) is 0 Å². The number of amides is 2. The molecule has 1 aromatic carbocycles. The Bertz CT molecular complexity index is 964. The Labute approximate surface area is 175 Å². The van der Waals surface area contributed by atoms with Crippen molar-refractivity contribution in [3.63, 3.8) is 0 Å². The SMILES string of the molecule is O=C(NCCc1cccs1)[C@H]1CCCN(C(=O)CCc2c[nH]c3ccccc23)C1. The molecule has 29 heavy (non-hydrogen) atoms. The molecule has 0 unspecified atom stereocenters. The summed E-state index contributed by atoms with van der Waals surface area (Å²) in [6, 6.07) is 12.3. The molecule has 1 saturated heterocycles. The number of likely N-dealkylation sites (tertiary alicyclic amines) is 1. The lowest BCUT2D eigenvalue weighted by atomic mass is 9.96. The van der Waals surface area contributed by atoms with Crippen molar-refractivity contribution >= 4 is 34.1 Å². The number of aryl methyl sites for hydroxylation is 1. The van der Waals surface area contributed by atoms with Crippen molar-refractivity contribution in [1.82, 2.24) is 15.2 Å². The van der Waals surface area contributed by atoms with Gasteiger partial charge in [0.1, 0.15) is 0 Å². The molecule has 1 aliphatic heterocycles. The summed E-state index contributed by atoms with van der Waals surface area (Å²) < 4.78 is 0. The van der Waals surface area contributed by atoms with Crippen LogP contribution in [0.25, 0.3) is 10.9 Å². The zero-order valence-corrected chi connectivity index (χ0v) is 17.3. The fourth-order valence-electron chi connectivity index (χ4n) is 4.06. The third-order valence-electron chi connectivity index (χ3n) is 5.68. The molecule has 4 rings (SSSR count). The quantitative estimate of drug-likeness (QED) is 0.624. The van der Waals surface area contributed by atoms with Crippen LogP contribution in [0, 0.1) is 5.92 Å². The van der Waals surface area contributed by atoms with Crippen LogP contribution in [0.3, 0.4) is 0 Å². The second-order valence-corrected chi connectivity index (χ2v) is 8.69. The van der Waals surface area contributed by atoms with Gasteiger partial charge in [-0.25, -0.2) is 0 Å². The lowest BCUT2D eigenvalue weighted by molar-refractivity contribution is -0.135. The Balaban J connectivity index is 1.26. The molecule has 0 saturated carbocycles. The van der Waals surface area contributed by atoms with Gasteiger partial charge >= 0.3 is 0 Å². The number of hydrogen-bond donors (Lipinski definition) is 2. The van der Waals surface area contributed by atoms with E-state index < -0.39 is 0 Å². The number of aromatic nitrogens is 1. The number of hydrogen-bond acceptors (Lipinski definition) is 3. The third-order valence-corrected chi connectivity index (χ3v) is 6.61. The maximum Gasteiger partial charge on any atom is 0.224 e. The van der Waals surface area contributed by atoms with Crippen LogP contribution in [-0.2, 0) is 22.4 Å². The first-order valence-electron chi connectivity index (χ1n) is 10.3. The summed E-state index contributed by atoms with van der Waals surface area (Å²) in [5, 5.41) is 6.29. The van der Waals surface area contributed by atoms with Crippen LogP contribution < -0.4 is 5.32 Å². The molecule has 5 nitrogen and oxygen atoms in total. The monoisotopic (exact) mass is 409 g/mol. The summed E-state index contributed by atoms with van der Waals surface area (Å²) in [5.41, 5.74) is 2.28. The maximum atomic E-state index is 12.8. The summed E-state index contributed by atoms with van der Waals surface area (Å²) in [6.45, 7) is 1.95. The van der Waals surface area contributed by atoms with Crippen molar-refractivity contribution in [2.24, 2.45) is 5.92 Å². The minimum absolute atomic E-state index is 0.0793. The van der Waals surface area contributed by atoms with Crippen LogP contribution in [0.4, 0.5) is 0 Å². The smallest absolute Gasteiger partial charge is 0.224 e. The number of fused-ring (bicyclic) bond motifs is 1.